The van der Waals surface area contributed by atoms with Crippen molar-refractivity contribution in [3.63, 3.8) is 0 Å². The maximum Gasteiger partial charge on any atom is 0.242 e. The van der Waals surface area contributed by atoms with Gasteiger partial charge in [-0.25, -0.2) is 14.4 Å². The number of fused-ring (bicyclic) bond motifs is 1. The molecule has 1 N–H and O–H groups in total. The Morgan fingerprint density at radius 2 is 1.95 bits per heavy atom. The van der Waals surface area contributed by atoms with E-state index in [2.05, 4.69) is 25.4 Å². The van der Waals surface area contributed by atoms with Crippen molar-refractivity contribution < 1.29 is 18.7 Å². The highest BCUT2D eigenvalue weighted by atomic mass is 19.1. The molecule has 1 amide bonds. The lowest BCUT2D eigenvalue weighted by Gasteiger charge is -2.31. The molecule has 1 aliphatic heterocycles. The van der Waals surface area contributed by atoms with E-state index in [-0.39, 0.29) is 23.9 Å². The number of aryl methyl sites for hydroxylation is 1. The second-order valence-electron chi connectivity index (χ2n) is 8.55. The molecule has 1 saturated heterocycles. The van der Waals surface area contributed by atoms with Crippen LogP contribution in [0.4, 0.5) is 15.9 Å². The molecule has 0 spiro atoms. The zero-order chi connectivity index (χ0) is 25.9. The summed E-state index contributed by atoms with van der Waals surface area (Å²) in [6.07, 6.45) is 5.17. The number of nitrogens with one attached hydrogen (secondary N) is 1. The van der Waals surface area contributed by atoms with E-state index in [1.165, 1.54) is 31.3 Å². The van der Waals surface area contributed by atoms with Gasteiger partial charge in [-0.15, -0.1) is 0 Å². The average Bonchev–Trinajstić information content (AvgIpc) is 3.38. The lowest BCUT2D eigenvalue weighted by atomic mass is 10.2. The van der Waals surface area contributed by atoms with Gasteiger partial charge in [0.25, 0.3) is 0 Å². The summed E-state index contributed by atoms with van der Waals surface area (Å²) in [5.41, 5.74) is 2.41. The van der Waals surface area contributed by atoms with E-state index in [4.69, 9.17) is 9.47 Å². The lowest BCUT2D eigenvalue weighted by molar-refractivity contribution is -0.130. The van der Waals surface area contributed by atoms with Gasteiger partial charge in [-0.3, -0.25) is 14.5 Å². The fourth-order valence-electron chi connectivity index (χ4n) is 4.19. The number of halogens is 1. The molecular formula is C25H27FN8O3. The van der Waals surface area contributed by atoms with Gasteiger partial charge in [0.2, 0.25) is 5.91 Å². The maximum atomic E-state index is 15.6. The van der Waals surface area contributed by atoms with Crippen LogP contribution < -0.4 is 19.7 Å². The molecule has 0 radical (unpaired) electrons. The van der Waals surface area contributed by atoms with Crippen LogP contribution in [0, 0.1) is 5.82 Å². The van der Waals surface area contributed by atoms with E-state index < -0.39 is 5.82 Å². The molecule has 0 aliphatic carbocycles. The van der Waals surface area contributed by atoms with Crippen molar-refractivity contribution in [3.8, 4) is 22.8 Å². The maximum absolute atomic E-state index is 15.6. The summed E-state index contributed by atoms with van der Waals surface area (Å²) in [5.74, 6) is -0.0724. The quantitative estimate of drug-likeness (QED) is 0.403. The number of hydrogen-bond donors (Lipinski definition) is 1. The molecular weight excluding hydrogens is 479 g/mol. The first-order valence-corrected chi connectivity index (χ1v) is 11.8. The van der Waals surface area contributed by atoms with Crippen LogP contribution in [0.5, 0.6) is 11.5 Å². The zero-order valence-corrected chi connectivity index (χ0v) is 20.8. The van der Waals surface area contributed by atoms with Gasteiger partial charge in [0.1, 0.15) is 23.6 Å². The van der Waals surface area contributed by atoms with Crippen molar-refractivity contribution >= 4 is 28.6 Å². The second-order valence-corrected chi connectivity index (χ2v) is 8.55. The van der Waals surface area contributed by atoms with Crippen molar-refractivity contribution in [2.45, 2.75) is 0 Å². The number of ether oxygens (including phenoxy) is 2. The van der Waals surface area contributed by atoms with Gasteiger partial charge in [0, 0.05) is 57.1 Å². The Balaban J connectivity index is 1.60. The molecule has 12 heteroatoms. The predicted molar refractivity (Wildman–Crippen MR) is 135 cm³/mol. The standard InChI is InChI=1S/C25H27FN8O3/c1-32-14-16(12-29-32)19-13-28-18-4-5-22(31-25(18)30-19)34(15-23(35)33-8-6-27-7-9-33)20-10-17(36-2)11-21(37-3)24(20)26/h4-5,10-14,27H,6-9,15H2,1-3H3. The molecule has 0 unspecified atom stereocenters. The molecule has 37 heavy (non-hydrogen) atoms. The van der Waals surface area contributed by atoms with Gasteiger partial charge in [-0.1, -0.05) is 0 Å². The average molecular weight is 507 g/mol. The number of aromatic nitrogens is 5. The van der Waals surface area contributed by atoms with Crippen LogP contribution in [0.2, 0.25) is 0 Å². The number of rotatable bonds is 7. The molecule has 4 aromatic rings. The number of nitrogens with zero attached hydrogens (tertiary/aromatic N) is 7. The minimum atomic E-state index is -0.631. The largest absolute Gasteiger partial charge is 0.497 e. The van der Waals surface area contributed by atoms with E-state index in [0.717, 1.165) is 5.56 Å². The zero-order valence-electron chi connectivity index (χ0n) is 20.8. The number of pyridine rings is 1. The summed E-state index contributed by atoms with van der Waals surface area (Å²) in [4.78, 5) is 30.4. The topological polar surface area (TPSA) is 111 Å². The molecule has 11 nitrogen and oxygen atoms in total. The Bertz CT molecular complexity index is 1440. The van der Waals surface area contributed by atoms with Crippen LogP contribution in [-0.2, 0) is 11.8 Å². The Kier molecular flexibility index (Phi) is 6.82. The number of carbonyl (C=O) groups is 1. The fourth-order valence-corrected chi connectivity index (χ4v) is 4.19. The molecule has 1 aliphatic rings. The molecule has 0 atom stereocenters. The first-order valence-electron chi connectivity index (χ1n) is 11.8. The number of carbonyl (C=O) groups excluding carboxylic acids is 1. The number of anilines is 2. The molecule has 5 rings (SSSR count). The van der Waals surface area contributed by atoms with Gasteiger partial charge >= 0.3 is 0 Å². The minimum Gasteiger partial charge on any atom is -0.497 e. The predicted octanol–water partition coefficient (Wildman–Crippen LogP) is 2.15. The van der Waals surface area contributed by atoms with Crippen molar-refractivity contribution in [2.24, 2.45) is 7.05 Å². The molecule has 3 aromatic heterocycles. The number of piperazine rings is 1. The summed E-state index contributed by atoms with van der Waals surface area (Å²) in [7, 11) is 4.68. The molecule has 0 saturated carbocycles. The van der Waals surface area contributed by atoms with Gasteiger partial charge in [0.05, 0.1) is 38.0 Å². The van der Waals surface area contributed by atoms with Crippen LogP contribution in [0.15, 0.2) is 42.9 Å². The Morgan fingerprint density at radius 1 is 1.14 bits per heavy atom. The monoisotopic (exact) mass is 506 g/mol. The molecule has 4 heterocycles. The minimum absolute atomic E-state index is 0.00610. The van der Waals surface area contributed by atoms with Crippen molar-refractivity contribution in [1.82, 2.24) is 34.9 Å². The SMILES string of the molecule is COc1cc(OC)c(F)c(N(CC(=O)N2CCNCC2)c2ccc3ncc(-c4cnn(C)c4)nc3n2)c1. The third kappa shape index (κ3) is 5.00. The molecule has 192 valence electrons. The van der Waals surface area contributed by atoms with Gasteiger partial charge < -0.3 is 24.6 Å². The summed E-state index contributed by atoms with van der Waals surface area (Å²) < 4.78 is 27.9. The summed E-state index contributed by atoms with van der Waals surface area (Å²) in [6, 6.07) is 6.41. The smallest absolute Gasteiger partial charge is 0.242 e. The van der Waals surface area contributed by atoms with Gasteiger partial charge in [-0.2, -0.15) is 5.10 Å². The van der Waals surface area contributed by atoms with E-state index in [9.17, 15) is 4.79 Å². The highest BCUT2D eigenvalue weighted by Gasteiger charge is 2.26. The number of amides is 1. The van der Waals surface area contributed by atoms with Crippen LogP contribution in [-0.4, -0.2) is 82.5 Å². The summed E-state index contributed by atoms with van der Waals surface area (Å²) >= 11 is 0. The highest BCUT2D eigenvalue weighted by Crippen LogP contribution is 2.36. The molecule has 1 aromatic carbocycles. The third-order valence-electron chi connectivity index (χ3n) is 6.17. The highest BCUT2D eigenvalue weighted by molar-refractivity contribution is 5.86. The number of methoxy groups -OCH3 is 2. The third-order valence-corrected chi connectivity index (χ3v) is 6.17. The summed E-state index contributed by atoms with van der Waals surface area (Å²) in [6.45, 7) is 2.41. The van der Waals surface area contributed by atoms with Crippen LogP contribution in [0.25, 0.3) is 22.4 Å². The van der Waals surface area contributed by atoms with Gasteiger partial charge in [-0.05, 0) is 12.1 Å². The van der Waals surface area contributed by atoms with E-state index >= 15 is 4.39 Å². The molecule has 0 bridgehead atoms. The van der Waals surface area contributed by atoms with E-state index in [1.54, 1.807) is 34.1 Å². The Hall–Kier alpha value is -4.32. The van der Waals surface area contributed by atoms with Crippen LogP contribution >= 0.6 is 0 Å². The normalized spacial score (nSPS) is 13.6. The number of benzene rings is 1. The van der Waals surface area contributed by atoms with Gasteiger partial charge in [0.15, 0.2) is 17.2 Å². The Morgan fingerprint density at radius 3 is 2.65 bits per heavy atom. The van der Waals surface area contributed by atoms with Crippen molar-refractivity contribution in [1.29, 1.82) is 0 Å². The van der Waals surface area contributed by atoms with Crippen molar-refractivity contribution in [3.05, 3.63) is 48.7 Å². The van der Waals surface area contributed by atoms with Crippen LogP contribution in [0.3, 0.4) is 0 Å². The second kappa shape index (κ2) is 10.3. The van der Waals surface area contributed by atoms with E-state index in [0.29, 0.717) is 54.6 Å². The fraction of sp³-hybridized carbons (Fsp3) is 0.320. The molecule has 1 fully saturated rings. The Labute approximate surface area is 212 Å². The van der Waals surface area contributed by atoms with Crippen LogP contribution in [0.1, 0.15) is 0 Å². The first kappa shape index (κ1) is 24.4. The number of hydrogen-bond acceptors (Lipinski definition) is 9. The first-order chi connectivity index (χ1) is 18.0. The summed E-state index contributed by atoms with van der Waals surface area (Å²) in [5, 5.41) is 7.42. The van der Waals surface area contributed by atoms with Crippen molar-refractivity contribution in [2.75, 3.05) is 51.8 Å². The van der Waals surface area contributed by atoms with E-state index in [1.807, 2.05) is 13.2 Å². The lowest BCUT2D eigenvalue weighted by Crippen LogP contribution is -2.49.